The fraction of sp³-hybridized carbons (Fsp3) is 0.222. The molecule has 0 N–H and O–H groups in total. The first-order chi connectivity index (χ1) is 32.8. The van der Waals surface area contributed by atoms with Crippen LogP contribution in [-0.2, 0) is 419 Å². The number of halogens is 1. The molecule has 0 aromatic heterocycles. The average molecular weight is 1750 g/mol. The summed E-state index contributed by atoms with van der Waals surface area (Å²) < 4.78 is 14.3. The van der Waals surface area contributed by atoms with Crippen molar-refractivity contribution >= 4 is 413 Å². The third-order valence-electron chi connectivity index (χ3n) is 4.58. The largest absolute Gasteiger partial charge is 0.205 e. The van der Waals surface area contributed by atoms with Crippen LogP contribution in [0, 0.1) is 28.5 Å². The summed E-state index contributed by atoms with van der Waals surface area (Å²) in [6.45, 7) is 6.31. The maximum atomic E-state index is 14.3. The van der Waals surface area contributed by atoms with E-state index in [1.807, 2.05) is 297 Å². The summed E-state index contributed by atoms with van der Waals surface area (Å²) in [5, 5.41) is 17.9. The molecule has 0 aliphatic heterocycles. The Balaban J connectivity index is 0.000000878. The van der Waals surface area contributed by atoms with Gasteiger partial charge in [-0.2, -0.15) is 10.5 Å². The van der Waals surface area contributed by atoms with Crippen LogP contribution >= 0.6 is 0 Å². The number of hydrogen-bond acceptors (Lipinski definition) is 4. The van der Waals surface area contributed by atoms with E-state index in [2.05, 4.69) is 20.8 Å². The van der Waals surface area contributed by atoms with Crippen LogP contribution < -0.4 is 0 Å². The molecule has 0 saturated heterocycles. The summed E-state index contributed by atoms with van der Waals surface area (Å²) in [5.41, 5.74) is 2.28. The van der Waals surface area contributed by atoms with Gasteiger partial charge >= 0.3 is 0 Å². The molecule has 0 saturated carbocycles. The van der Waals surface area contributed by atoms with Crippen LogP contribution in [0.15, 0.2) is 36.4 Å². The molecule has 0 bridgehead atoms. The SMILES string of the molecule is CC(C)(C)c1ccc(-c2cc(C#N)cc(C#N)c2F)cc1.S=S=S=S=S=S=S=S=S=S=S=S=S=S=S=S=S=S=S=S=S=S=S=S=S=S=S=S=S=S=S=S=S=S=S=S=S=S=S=S=S=S=S=S=S=S. The van der Waals surface area contributed by atoms with E-state index in [9.17, 15) is 4.39 Å². The lowest BCUT2D eigenvalue weighted by Crippen LogP contribution is -2.10. The maximum Gasteiger partial charge on any atom is 0.148 e. The van der Waals surface area contributed by atoms with E-state index in [-0.39, 0.29) is 22.1 Å². The zero-order valence-electron chi connectivity index (χ0n) is 31.0. The van der Waals surface area contributed by atoms with Crippen LogP contribution in [0.2, 0.25) is 0 Å². The Kier molecular flexibility index (Phi) is 59.9. The number of benzene rings is 2. The van der Waals surface area contributed by atoms with Crippen LogP contribution in [-0.4, -0.2) is 0 Å². The van der Waals surface area contributed by atoms with Gasteiger partial charge in [-0.15, -0.1) is 0 Å². The number of hydrogen-bond donors (Lipinski definition) is 0. The lowest BCUT2D eigenvalue weighted by atomic mass is 9.86. The molecule has 0 atom stereocenters. The second-order valence-electron chi connectivity index (χ2n) is 8.93. The number of nitrogens with zero attached hydrogens (tertiary/aromatic N) is 2. The van der Waals surface area contributed by atoms with Gasteiger partial charge in [0.1, 0.15) is 11.9 Å². The van der Waals surface area contributed by atoms with Crippen molar-refractivity contribution in [2.45, 2.75) is 26.2 Å². The molecule has 0 unspecified atom stereocenters. The predicted molar refractivity (Wildman–Crippen MR) is 419 cm³/mol. The second-order valence-corrected chi connectivity index (χ2v) is 86.8. The molecule has 2 rings (SSSR count). The van der Waals surface area contributed by atoms with Crippen LogP contribution in [0.5, 0.6) is 0 Å². The van der Waals surface area contributed by atoms with Crippen LogP contribution in [0.25, 0.3) is 11.1 Å². The maximum absolute atomic E-state index is 14.3. The topological polar surface area (TPSA) is 47.6 Å². The molecule has 67 heavy (non-hydrogen) atoms. The molecular formula is C18H15FN2S46. The van der Waals surface area contributed by atoms with Crippen molar-refractivity contribution in [1.29, 1.82) is 10.5 Å². The van der Waals surface area contributed by atoms with Gasteiger partial charge in [0.25, 0.3) is 0 Å². The molecule has 0 heterocycles. The molecule has 0 spiro atoms. The van der Waals surface area contributed by atoms with E-state index in [0.29, 0.717) is 5.56 Å². The van der Waals surface area contributed by atoms with Gasteiger partial charge in [0.15, 0.2) is 0 Å². The Hall–Kier alpha value is 7.47. The molecule has 0 radical (unpaired) electrons. The lowest BCUT2D eigenvalue weighted by molar-refractivity contribution is 0.590. The highest BCUT2D eigenvalue weighted by Gasteiger charge is 2.16. The molecule has 380 valence electrons. The number of nitriles is 2. The van der Waals surface area contributed by atoms with E-state index in [1.165, 1.54) is 29.9 Å². The van der Waals surface area contributed by atoms with Gasteiger partial charge < -0.3 is 0 Å². The average Bonchev–Trinajstić information content (AvgIpc) is 3.33. The summed E-state index contributed by atoms with van der Waals surface area (Å²) >= 11 is 9.62. The first-order valence-electron chi connectivity index (χ1n) is 14.1. The van der Waals surface area contributed by atoms with E-state index >= 15 is 0 Å². The van der Waals surface area contributed by atoms with Crippen molar-refractivity contribution < 1.29 is 4.39 Å². The highest BCUT2D eigenvalue weighted by molar-refractivity contribution is 8.81. The minimum atomic E-state index is -0.583. The third-order valence-corrected chi connectivity index (χ3v) is 100. The monoisotopic (exact) mass is 1750 g/mol. The highest BCUT2D eigenvalue weighted by atomic mass is 33.5. The molecule has 0 amide bonds. The summed E-state index contributed by atoms with van der Waals surface area (Å²) in [5.74, 6) is -0.583. The van der Waals surface area contributed by atoms with Crippen molar-refractivity contribution in [3.8, 4) is 23.3 Å². The van der Waals surface area contributed by atoms with Crippen LogP contribution in [0.1, 0.15) is 37.5 Å². The van der Waals surface area contributed by atoms with E-state index in [0.717, 1.165) is 5.56 Å². The predicted octanol–water partition coefficient (Wildman–Crippen LogP) is 4.42. The fourth-order valence-electron chi connectivity index (χ4n) is 2.61. The standard InChI is InChI=1S/C18H15FN2.S46/c1-18(2,3)15-6-4-13(5-7-15)16-9-12(10-20)8-14(11-21)17(16)19;1-3-5-7-9-11-13-15-17-19-21-23-25-27-29-31-33-35-37-39-41-43-45-46-44-42-40-38-36-34-32-30-28-26-24-22-20-18-16-14-12-10-8-6-4-2/h4-9H,1-3H3;. The quantitative estimate of drug-likeness (QED) is 0.425. The van der Waals surface area contributed by atoms with Crippen molar-refractivity contribution in [1.82, 2.24) is 0 Å². The van der Waals surface area contributed by atoms with Gasteiger partial charge in [-0.3, -0.25) is 0 Å². The first kappa shape index (κ1) is 72.5. The Morgan fingerprint density at radius 2 is 0.612 bits per heavy atom. The first-order valence-corrected chi connectivity index (χ1v) is 74.1. The highest BCUT2D eigenvalue weighted by Crippen LogP contribution is 2.29. The summed E-state index contributed by atoms with van der Waals surface area (Å²) in [7, 11) is 78.4. The van der Waals surface area contributed by atoms with E-state index in [4.69, 9.17) is 32.9 Å². The molecule has 2 nitrogen and oxygen atoms in total. The van der Waals surface area contributed by atoms with Crippen LogP contribution in [0.4, 0.5) is 4.39 Å². The minimum Gasteiger partial charge on any atom is -0.205 e. The van der Waals surface area contributed by atoms with E-state index in [1.54, 1.807) is 113 Å². The second kappa shape index (κ2) is 55.4. The van der Waals surface area contributed by atoms with Crippen molar-refractivity contribution in [3.05, 3.63) is 58.9 Å². The Morgan fingerprint density at radius 3 is 0.806 bits per heavy atom. The lowest BCUT2D eigenvalue weighted by Gasteiger charge is -2.19. The van der Waals surface area contributed by atoms with Crippen molar-refractivity contribution in [2.24, 2.45) is 0 Å². The van der Waals surface area contributed by atoms with Crippen LogP contribution in [0.3, 0.4) is 0 Å². The Morgan fingerprint density at radius 1 is 0.373 bits per heavy atom. The third kappa shape index (κ3) is 45.9. The van der Waals surface area contributed by atoms with Gasteiger partial charge in [-0.1, -0.05) is 45.0 Å². The van der Waals surface area contributed by atoms with Gasteiger partial charge in [-0.05, 0) is 28.7 Å². The van der Waals surface area contributed by atoms with E-state index < -0.39 is 5.82 Å². The van der Waals surface area contributed by atoms with Gasteiger partial charge in [0.2, 0.25) is 0 Å². The molecule has 0 aliphatic rings. The normalized spacial score (nSPS) is 8.69. The molecule has 2 aromatic carbocycles. The summed E-state index contributed by atoms with van der Waals surface area (Å²) in [4.78, 5) is 0. The Labute approximate surface area is 523 Å². The zero-order chi connectivity index (χ0) is 48.7. The molecular weight excluding hydrogens is 1740 g/mol. The van der Waals surface area contributed by atoms with Gasteiger partial charge in [0, 0.05) is 419 Å². The van der Waals surface area contributed by atoms with Gasteiger partial charge in [0.05, 0.1) is 17.2 Å². The fourth-order valence-corrected chi connectivity index (χ4v) is 118. The zero-order valence-corrected chi connectivity index (χ0v) is 68.6. The van der Waals surface area contributed by atoms with Gasteiger partial charge in [-0.25, -0.2) is 4.39 Å². The smallest absolute Gasteiger partial charge is 0.148 e. The van der Waals surface area contributed by atoms with Crippen molar-refractivity contribution in [2.75, 3.05) is 0 Å². The molecule has 2 aromatic rings. The summed E-state index contributed by atoms with van der Waals surface area (Å²) in [6.07, 6.45) is 0. The minimum absolute atomic E-state index is 0.0173. The molecule has 0 aliphatic carbocycles. The molecule has 0 fully saturated rings. The number of rotatable bonds is 1. The molecule has 49 heteroatoms. The van der Waals surface area contributed by atoms with Crippen molar-refractivity contribution in [3.63, 3.8) is 0 Å². The summed E-state index contributed by atoms with van der Waals surface area (Å²) in [6, 6.07) is 14.0. The Bertz CT molecular complexity index is 4140.